The van der Waals surface area contributed by atoms with Gasteiger partial charge >= 0.3 is 0 Å². The standard InChI is InChI=1S/C23H25FN/c1-15-12-19(17-6-4-5-7-17)14-22(16(15)2)23-21-9-8-20(24)13-18(21)10-11-25(23)3/h8-14,17H,4-7H2,1-3H3/q+1. The van der Waals surface area contributed by atoms with Gasteiger partial charge in [0, 0.05) is 6.07 Å². The minimum absolute atomic E-state index is 0.181. The summed E-state index contributed by atoms with van der Waals surface area (Å²) in [6.07, 6.45) is 7.32. The highest BCUT2D eigenvalue weighted by Gasteiger charge is 2.23. The monoisotopic (exact) mass is 334 g/mol. The van der Waals surface area contributed by atoms with Crippen LogP contribution in [0.15, 0.2) is 42.6 Å². The molecule has 128 valence electrons. The van der Waals surface area contributed by atoms with Crippen LogP contribution >= 0.6 is 0 Å². The van der Waals surface area contributed by atoms with Crippen molar-refractivity contribution in [2.75, 3.05) is 0 Å². The molecule has 0 atom stereocenters. The van der Waals surface area contributed by atoms with Gasteiger partial charge in [-0.05, 0) is 78.9 Å². The molecule has 1 saturated carbocycles. The Morgan fingerprint density at radius 3 is 2.52 bits per heavy atom. The largest absolute Gasteiger partial charge is 0.220 e. The first-order chi connectivity index (χ1) is 12.0. The lowest BCUT2D eigenvalue weighted by atomic mass is 9.89. The second kappa shape index (κ2) is 6.25. The van der Waals surface area contributed by atoms with Crippen molar-refractivity contribution in [3.05, 3.63) is 65.1 Å². The van der Waals surface area contributed by atoms with Gasteiger partial charge in [0.25, 0.3) is 0 Å². The highest BCUT2D eigenvalue weighted by atomic mass is 19.1. The summed E-state index contributed by atoms with van der Waals surface area (Å²) in [5.74, 6) is 0.510. The number of hydrogen-bond acceptors (Lipinski definition) is 0. The zero-order valence-electron chi connectivity index (χ0n) is 15.3. The molecule has 0 unspecified atom stereocenters. The van der Waals surface area contributed by atoms with Gasteiger partial charge in [0.1, 0.15) is 12.9 Å². The second-order valence-electron chi connectivity index (χ2n) is 7.50. The van der Waals surface area contributed by atoms with Gasteiger partial charge in [-0.1, -0.05) is 18.9 Å². The first kappa shape index (κ1) is 16.3. The van der Waals surface area contributed by atoms with Crippen LogP contribution in [0.3, 0.4) is 0 Å². The highest BCUT2D eigenvalue weighted by Crippen LogP contribution is 2.38. The molecule has 2 heteroatoms. The maximum absolute atomic E-state index is 13.7. The molecule has 4 rings (SSSR count). The van der Waals surface area contributed by atoms with Crippen LogP contribution in [0.4, 0.5) is 4.39 Å². The molecule has 1 aliphatic rings. The minimum Gasteiger partial charge on any atom is -0.207 e. The summed E-state index contributed by atoms with van der Waals surface area (Å²) in [5.41, 5.74) is 6.59. The molecule has 0 bridgehead atoms. The van der Waals surface area contributed by atoms with Crippen LogP contribution in [0.5, 0.6) is 0 Å². The summed E-state index contributed by atoms with van der Waals surface area (Å²) in [7, 11) is 2.08. The molecule has 1 fully saturated rings. The van der Waals surface area contributed by atoms with E-state index >= 15 is 0 Å². The van der Waals surface area contributed by atoms with E-state index in [4.69, 9.17) is 0 Å². The molecule has 0 radical (unpaired) electrons. The van der Waals surface area contributed by atoms with Crippen LogP contribution in [0, 0.1) is 19.7 Å². The van der Waals surface area contributed by atoms with Crippen molar-refractivity contribution in [1.82, 2.24) is 0 Å². The van der Waals surface area contributed by atoms with Gasteiger partial charge in [0.15, 0.2) is 6.20 Å². The van der Waals surface area contributed by atoms with Crippen molar-refractivity contribution in [3.63, 3.8) is 0 Å². The van der Waals surface area contributed by atoms with Gasteiger partial charge in [0.05, 0.1) is 10.9 Å². The molecule has 1 aromatic heterocycles. The number of nitrogens with zero attached hydrogens (tertiary/aromatic N) is 1. The summed E-state index contributed by atoms with van der Waals surface area (Å²) in [5, 5.41) is 2.06. The van der Waals surface area contributed by atoms with E-state index in [0.29, 0.717) is 5.92 Å². The smallest absolute Gasteiger partial charge is 0.207 e. The van der Waals surface area contributed by atoms with Gasteiger partial charge in [-0.2, -0.15) is 0 Å². The average Bonchev–Trinajstić information content (AvgIpc) is 3.12. The Morgan fingerprint density at radius 2 is 1.76 bits per heavy atom. The van der Waals surface area contributed by atoms with Gasteiger partial charge in [-0.15, -0.1) is 0 Å². The Labute approximate surface area is 149 Å². The number of halogens is 1. The maximum Gasteiger partial charge on any atom is 0.220 e. The molecule has 3 aromatic rings. The number of aryl methyl sites for hydroxylation is 2. The van der Waals surface area contributed by atoms with Crippen molar-refractivity contribution in [1.29, 1.82) is 0 Å². The summed E-state index contributed by atoms with van der Waals surface area (Å²) in [6, 6.07) is 11.9. The molecule has 0 N–H and O–H groups in total. The normalized spacial score (nSPS) is 15.2. The molecular formula is C23H25FN+. The van der Waals surface area contributed by atoms with Crippen LogP contribution in [0.2, 0.25) is 0 Å². The van der Waals surface area contributed by atoms with E-state index in [1.807, 2.05) is 18.3 Å². The summed E-state index contributed by atoms with van der Waals surface area (Å²) < 4.78 is 15.8. The molecule has 25 heavy (non-hydrogen) atoms. The van der Waals surface area contributed by atoms with Crippen LogP contribution in [0.25, 0.3) is 22.0 Å². The van der Waals surface area contributed by atoms with E-state index < -0.39 is 0 Å². The fourth-order valence-corrected chi connectivity index (χ4v) is 4.31. The fraction of sp³-hybridized carbons (Fsp3) is 0.348. The minimum atomic E-state index is -0.181. The van der Waals surface area contributed by atoms with Crippen molar-refractivity contribution < 1.29 is 8.96 Å². The predicted molar refractivity (Wildman–Crippen MR) is 101 cm³/mol. The third-order valence-corrected chi connectivity index (χ3v) is 5.87. The summed E-state index contributed by atoms with van der Waals surface area (Å²) in [6.45, 7) is 4.41. The number of rotatable bonds is 2. The second-order valence-corrected chi connectivity index (χ2v) is 7.50. The Bertz CT molecular complexity index is 952. The lowest BCUT2D eigenvalue weighted by Crippen LogP contribution is -2.31. The number of hydrogen-bond donors (Lipinski definition) is 0. The SMILES string of the molecule is Cc1cc(C2CCCC2)cc(-c2c3ccc(F)cc3cc[n+]2C)c1C. The van der Waals surface area contributed by atoms with Gasteiger partial charge in [0.2, 0.25) is 5.69 Å². The molecule has 0 saturated heterocycles. The van der Waals surface area contributed by atoms with Crippen LogP contribution < -0.4 is 4.57 Å². The first-order valence-electron chi connectivity index (χ1n) is 9.24. The Morgan fingerprint density at radius 1 is 1.00 bits per heavy atom. The topological polar surface area (TPSA) is 3.88 Å². The Hall–Kier alpha value is -2.22. The molecule has 0 spiro atoms. The molecule has 0 aliphatic heterocycles. The fourth-order valence-electron chi connectivity index (χ4n) is 4.31. The summed E-state index contributed by atoms with van der Waals surface area (Å²) >= 11 is 0. The lowest BCUT2D eigenvalue weighted by molar-refractivity contribution is -0.659. The maximum atomic E-state index is 13.7. The first-order valence-corrected chi connectivity index (χ1v) is 9.24. The average molecular weight is 334 g/mol. The van der Waals surface area contributed by atoms with E-state index in [2.05, 4.69) is 37.6 Å². The molecule has 1 aliphatic carbocycles. The van der Waals surface area contributed by atoms with Crippen molar-refractivity contribution in [2.45, 2.75) is 45.4 Å². The van der Waals surface area contributed by atoms with Crippen molar-refractivity contribution in [2.24, 2.45) is 7.05 Å². The number of aromatic nitrogens is 1. The van der Waals surface area contributed by atoms with Crippen LogP contribution in [0.1, 0.15) is 48.3 Å². The van der Waals surface area contributed by atoms with Gasteiger partial charge in [-0.3, -0.25) is 0 Å². The Kier molecular flexibility index (Phi) is 4.07. The van der Waals surface area contributed by atoms with Crippen molar-refractivity contribution >= 4 is 10.8 Å². The van der Waals surface area contributed by atoms with Crippen LogP contribution in [-0.4, -0.2) is 0 Å². The van der Waals surface area contributed by atoms with Crippen molar-refractivity contribution in [3.8, 4) is 11.3 Å². The molecule has 2 aromatic carbocycles. The molecule has 0 amide bonds. The van der Waals surface area contributed by atoms with E-state index in [0.717, 1.165) is 10.8 Å². The highest BCUT2D eigenvalue weighted by molar-refractivity contribution is 5.93. The molecule has 1 nitrogen and oxygen atoms in total. The third kappa shape index (κ3) is 2.84. The van der Waals surface area contributed by atoms with E-state index in [1.165, 1.54) is 53.6 Å². The van der Waals surface area contributed by atoms with E-state index in [9.17, 15) is 4.39 Å². The number of benzene rings is 2. The molecule has 1 heterocycles. The zero-order valence-corrected chi connectivity index (χ0v) is 15.3. The van der Waals surface area contributed by atoms with E-state index in [-0.39, 0.29) is 5.82 Å². The predicted octanol–water partition coefficient (Wildman–Crippen LogP) is 5.74. The van der Waals surface area contributed by atoms with Gasteiger partial charge < -0.3 is 0 Å². The molecular weight excluding hydrogens is 309 g/mol. The van der Waals surface area contributed by atoms with Crippen LogP contribution in [-0.2, 0) is 7.05 Å². The Balaban J connectivity index is 1.98. The zero-order chi connectivity index (χ0) is 17.6. The number of pyridine rings is 1. The van der Waals surface area contributed by atoms with E-state index in [1.54, 1.807) is 12.1 Å². The summed E-state index contributed by atoms with van der Waals surface area (Å²) in [4.78, 5) is 0. The lowest BCUT2D eigenvalue weighted by Gasteiger charge is -2.16. The quantitative estimate of drug-likeness (QED) is 0.526. The third-order valence-electron chi connectivity index (χ3n) is 5.87. The number of fused-ring (bicyclic) bond motifs is 1. The van der Waals surface area contributed by atoms with Gasteiger partial charge in [-0.25, -0.2) is 8.96 Å².